The minimum atomic E-state index is 0.898. The lowest BCUT2D eigenvalue weighted by Gasteiger charge is -2.55. The third kappa shape index (κ3) is 1.97. The molecular formula is C15H28. The van der Waals surface area contributed by atoms with Crippen molar-refractivity contribution in [3.05, 3.63) is 0 Å². The Morgan fingerprint density at radius 1 is 0.867 bits per heavy atom. The number of hydrogen-bond donors (Lipinski definition) is 0. The molecule has 2 aliphatic carbocycles. The number of rotatable bonds is 2. The smallest absolute Gasteiger partial charge is 0.0329 e. The summed E-state index contributed by atoms with van der Waals surface area (Å²) >= 11 is 0. The van der Waals surface area contributed by atoms with Gasteiger partial charge in [-0.3, -0.25) is 0 Å². The zero-order valence-electron chi connectivity index (χ0n) is 11.0. The SMILES string of the molecule is CC(C)C1C(C)C(C2CCCCC2)C1C. The van der Waals surface area contributed by atoms with E-state index in [2.05, 4.69) is 27.7 Å². The molecule has 0 aromatic heterocycles. The monoisotopic (exact) mass is 208 g/mol. The van der Waals surface area contributed by atoms with Crippen LogP contribution in [0.1, 0.15) is 59.8 Å². The standard InChI is InChI=1S/C15H28/c1-10(2)14-11(3)15(12(14)4)13-8-6-5-7-9-13/h10-15H,5-9H2,1-4H3. The summed E-state index contributed by atoms with van der Waals surface area (Å²) in [7, 11) is 0. The molecule has 15 heavy (non-hydrogen) atoms. The molecule has 2 fully saturated rings. The van der Waals surface area contributed by atoms with Crippen molar-refractivity contribution in [3.8, 4) is 0 Å². The maximum Gasteiger partial charge on any atom is -0.0329 e. The first-order chi connectivity index (χ1) is 7.13. The molecule has 2 rings (SSSR count). The van der Waals surface area contributed by atoms with E-state index in [1.165, 1.54) is 32.1 Å². The summed E-state index contributed by atoms with van der Waals surface area (Å²) in [6.07, 6.45) is 7.58. The van der Waals surface area contributed by atoms with E-state index >= 15 is 0 Å². The lowest BCUT2D eigenvalue weighted by atomic mass is 9.50. The van der Waals surface area contributed by atoms with Crippen molar-refractivity contribution in [1.82, 2.24) is 0 Å². The van der Waals surface area contributed by atoms with Gasteiger partial charge in [-0.25, -0.2) is 0 Å². The normalized spacial score (nSPS) is 43.0. The Bertz CT molecular complexity index is 190. The van der Waals surface area contributed by atoms with Gasteiger partial charge in [0.05, 0.1) is 0 Å². The highest BCUT2D eigenvalue weighted by Crippen LogP contribution is 2.55. The zero-order valence-corrected chi connectivity index (χ0v) is 11.0. The molecule has 0 saturated heterocycles. The molecule has 2 aliphatic rings. The maximum absolute atomic E-state index is 2.52. The van der Waals surface area contributed by atoms with Gasteiger partial charge in [-0.05, 0) is 35.5 Å². The molecule has 0 spiro atoms. The van der Waals surface area contributed by atoms with Crippen LogP contribution in [0.25, 0.3) is 0 Å². The van der Waals surface area contributed by atoms with Gasteiger partial charge < -0.3 is 0 Å². The fourth-order valence-corrected chi connectivity index (χ4v) is 4.92. The molecule has 0 N–H and O–H groups in total. The highest BCUT2D eigenvalue weighted by atomic mass is 14.5. The molecule has 0 aliphatic heterocycles. The second-order valence-corrected chi connectivity index (χ2v) is 6.52. The van der Waals surface area contributed by atoms with Crippen LogP contribution in [-0.4, -0.2) is 0 Å². The van der Waals surface area contributed by atoms with Crippen LogP contribution in [0.2, 0.25) is 0 Å². The highest BCUT2D eigenvalue weighted by Gasteiger charge is 2.48. The Labute approximate surface area is 95.8 Å². The van der Waals surface area contributed by atoms with Gasteiger partial charge in [0, 0.05) is 0 Å². The van der Waals surface area contributed by atoms with Crippen LogP contribution in [-0.2, 0) is 0 Å². The maximum atomic E-state index is 2.52. The molecule has 0 bridgehead atoms. The second-order valence-electron chi connectivity index (χ2n) is 6.52. The predicted molar refractivity (Wildman–Crippen MR) is 66.7 cm³/mol. The van der Waals surface area contributed by atoms with E-state index in [4.69, 9.17) is 0 Å². The Balaban J connectivity index is 1.94. The first-order valence-electron chi connectivity index (χ1n) is 7.13. The molecule has 2 atom stereocenters. The Kier molecular flexibility index (Phi) is 3.42. The van der Waals surface area contributed by atoms with Gasteiger partial charge in [0.1, 0.15) is 0 Å². The molecule has 2 saturated carbocycles. The molecule has 88 valence electrons. The van der Waals surface area contributed by atoms with Crippen LogP contribution in [0.4, 0.5) is 0 Å². The summed E-state index contributed by atoms with van der Waals surface area (Å²) in [5.41, 5.74) is 0. The third-order valence-electron chi connectivity index (χ3n) is 5.39. The van der Waals surface area contributed by atoms with Gasteiger partial charge in [-0.15, -0.1) is 0 Å². The van der Waals surface area contributed by atoms with Crippen LogP contribution < -0.4 is 0 Å². The molecule has 0 aromatic carbocycles. The second kappa shape index (κ2) is 4.47. The lowest BCUT2D eigenvalue weighted by molar-refractivity contribution is -0.0724. The summed E-state index contributed by atoms with van der Waals surface area (Å²) in [4.78, 5) is 0. The van der Waals surface area contributed by atoms with E-state index in [0.717, 1.165) is 35.5 Å². The van der Waals surface area contributed by atoms with Gasteiger partial charge in [-0.2, -0.15) is 0 Å². The van der Waals surface area contributed by atoms with E-state index < -0.39 is 0 Å². The summed E-state index contributed by atoms with van der Waals surface area (Å²) < 4.78 is 0. The van der Waals surface area contributed by atoms with E-state index in [1.807, 2.05) is 0 Å². The quantitative estimate of drug-likeness (QED) is 0.615. The average Bonchev–Trinajstić information content (AvgIpc) is 2.18. The molecule has 0 heterocycles. The first-order valence-corrected chi connectivity index (χ1v) is 7.13. The summed E-state index contributed by atoms with van der Waals surface area (Å²) in [5.74, 6) is 6.06. The Morgan fingerprint density at radius 3 is 1.87 bits per heavy atom. The van der Waals surface area contributed by atoms with E-state index in [0.29, 0.717) is 0 Å². The molecular weight excluding hydrogens is 180 g/mol. The van der Waals surface area contributed by atoms with Crippen molar-refractivity contribution in [3.63, 3.8) is 0 Å². The predicted octanol–water partition coefficient (Wildman–Crippen LogP) is 4.74. The molecule has 0 heteroatoms. The van der Waals surface area contributed by atoms with Crippen LogP contribution in [0.5, 0.6) is 0 Å². The van der Waals surface area contributed by atoms with E-state index in [-0.39, 0.29) is 0 Å². The fourth-order valence-electron chi connectivity index (χ4n) is 4.92. The van der Waals surface area contributed by atoms with Crippen molar-refractivity contribution < 1.29 is 0 Å². The molecule has 0 nitrogen and oxygen atoms in total. The summed E-state index contributed by atoms with van der Waals surface area (Å²) in [6.45, 7) is 9.86. The van der Waals surface area contributed by atoms with Crippen LogP contribution in [0.15, 0.2) is 0 Å². The molecule has 2 unspecified atom stereocenters. The van der Waals surface area contributed by atoms with Crippen molar-refractivity contribution >= 4 is 0 Å². The van der Waals surface area contributed by atoms with Crippen LogP contribution >= 0.6 is 0 Å². The van der Waals surface area contributed by atoms with Crippen LogP contribution in [0.3, 0.4) is 0 Å². The van der Waals surface area contributed by atoms with Crippen molar-refractivity contribution in [2.24, 2.45) is 35.5 Å². The van der Waals surface area contributed by atoms with Gasteiger partial charge in [0.15, 0.2) is 0 Å². The minimum Gasteiger partial charge on any atom is -0.0625 e. The molecule has 0 aromatic rings. The van der Waals surface area contributed by atoms with Crippen molar-refractivity contribution in [2.75, 3.05) is 0 Å². The molecule has 0 radical (unpaired) electrons. The summed E-state index contributed by atoms with van der Waals surface area (Å²) in [6, 6.07) is 0. The summed E-state index contributed by atoms with van der Waals surface area (Å²) in [5, 5.41) is 0. The zero-order chi connectivity index (χ0) is 11.0. The van der Waals surface area contributed by atoms with Crippen molar-refractivity contribution in [2.45, 2.75) is 59.8 Å². The van der Waals surface area contributed by atoms with Crippen molar-refractivity contribution in [1.29, 1.82) is 0 Å². The van der Waals surface area contributed by atoms with Gasteiger partial charge in [0.25, 0.3) is 0 Å². The molecule has 0 amide bonds. The van der Waals surface area contributed by atoms with Gasteiger partial charge in [0.2, 0.25) is 0 Å². The fraction of sp³-hybridized carbons (Fsp3) is 1.00. The number of hydrogen-bond acceptors (Lipinski definition) is 0. The highest BCUT2D eigenvalue weighted by molar-refractivity contribution is 4.97. The van der Waals surface area contributed by atoms with Crippen LogP contribution in [0, 0.1) is 35.5 Å². The largest absolute Gasteiger partial charge is 0.0625 e. The average molecular weight is 208 g/mol. The van der Waals surface area contributed by atoms with Gasteiger partial charge in [-0.1, -0.05) is 59.8 Å². The Hall–Kier alpha value is 0. The Morgan fingerprint density at radius 2 is 1.40 bits per heavy atom. The van der Waals surface area contributed by atoms with Gasteiger partial charge >= 0.3 is 0 Å². The minimum absolute atomic E-state index is 0.898. The lowest BCUT2D eigenvalue weighted by Crippen LogP contribution is -2.50. The topological polar surface area (TPSA) is 0 Å². The van der Waals surface area contributed by atoms with E-state index in [1.54, 1.807) is 0 Å². The first kappa shape index (κ1) is 11.5. The third-order valence-corrected chi connectivity index (χ3v) is 5.39. The van der Waals surface area contributed by atoms with E-state index in [9.17, 15) is 0 Å².